The van der Waals surface area contributed by atoms with Crippen molar-refractivity contribution in [2.24, 2.45) is 0 Å². The van der Waals surface area contributed by atoms with Gasteiger partial charge in [0.15, 0.2) is 0 Å². The zero-order valence-corrected chi connectivity index (χ0v) is 16.1. The summed E-state index contributed by atoms with van der Waals surface area (Å²) in [5.41, 5.74) is 11.3. The Morgan fingerprint density at radius 3 is 2.41 bits per heavy atom. The zero-order chi connectivity index (χ0) is 18.8. The van der Waals surface area contributed by atoms with Gasteiger partial charge < -0.3 is 4.90 Å². The molecule has 0 aromatic heterocycles. The van der Waals surface area contributed by atoms with Gasteiger partial charge in [-0.05, 0) is 37.5 Å². The van der Waals surface area contributed by atoms with Crippen LogP contribution in [-0.4, -0.2) is 48.1 Å². The maximum Gasteiger partial charge on any atom is 0.254 e. The van der Waals surface area contributed by atoms with Crippen LogP contribution < -0.4 is 10.9 Å². The third-order valence-corrected chi connectivity index (χ3v) is 5.74. The molecule has 0 radical (unpaired) electrons. The van der Waals surface area contributed by atoms with Gasteiger partial charge in [0, 0.05) is 37.8 Å². The lowest BCUT2D eigenvalue weighted by Crippen LogP contribution is -2.55. The van der Waals surface area contributed by atoms with E-state index in [9.17, 15) is 4.79 Å². The van der Waals surface area contributed by atoms with Crippen LogP contribution in [0.15, 0.2) is 48.5 Å². The van der Waals surface area contributed by atoms with Gasteiger partial charge in [0.2, 0.25) is 0 Å². The summed E-state index contributed by atoms with van der Waals surface area (Å²) in [6.45, 7) is 7.44. The van der Waals surface area contributed by atoms with E-state index in [2.05, 4.69) is 59.1 Å². The zero-order valence-electron chi connectivity index (χ0n) is 16.1. The Morgan fingerprint density at radius 1 is 0.963 bits per heavy atom. The van der Waals surface area contributed by atoms with E-state index < -0.39 is 0 Å². The second-order valence-electron chi connectivity index (χ2n) is 7.65. The van der Waals surface area contributed by atoms with E-state index in [-0.39, 0.29) is 5.91 Å². The minimum absolute atomic E-state index is 0.159. The van der Waals surface area contributed by atoms with E-state index in [1.54, 1.807) is 0 Å². The van der Waals surface area contributed by atoms with Crippen molar-refractivity contribution in [2.45, 2.75) is 32.5 Å². The Kier molecular flexibility index (Phi) is 5.25. The van der Waals surface area contributed by atoms with Crippen molar-refractivity contribution in [2.75, 3.05) is 26.2 Å². The Morgan fingerprint density at radius 2 is 1.70 bits per heavy atom. The molecule has 0 bridgehead atoms. The number of nitrogens with one attached hydrogen (secondary N) is 2. The fourth-order valence-electron chi connectivity index (χ4n) is 4.14. The summed E-state index contributed by atoms with van der Waals surface area (Å²) >= 11 is 0. The second kappa shape index (κ2) is 7.80. The normalized spacial score (nSPS) is 23.6. The number of carbonyl (C=O) groups excluding carboxylic acids is 1. The summed E-state index contributed by atoms with van der Waals surface area (Å²) in [6.07, 6.45) is 1.35. The number of hydrazine groups is 1. The molecule has 2 fully saturated rings. The smallest absolute Gasteiger partial charge is 0.254 e. The van der Waals surface area contributed by atoms with Crippen LogP contribution in [-0.2, 0) is 0 Å². The first-order valence-corrected chi connectivity index (χ1v) is 9.78. The molecule has 1 amide bonds. The molecule has 2 saturated heterocycles. The molecule has 2 N–H and O–H groups in total. The van der Waals surface area contributed by atoms with Crippen molar-refractivity contribution in [3.8, 4) is 0 Å². The maximum absolute atomic E-state index is 12.9. The maximum atomic E-state index is 12.9. The molecule has 0 spiro atoms. The Hall–Kier alpha value is -2.21. The van der Waals surface area contributed by atoms with Gasteiger partial charge in [-0.1, -0.05) is 48.0 Å². The summed E-state index contributed by atoms with van der Waals surface area (Å²) < 4.78 is 0. The minimum Gasteiger partial charge on any atom is -0.336 e. The summed E-state index contributed by atoms with van der Waals surface area (Å²) in [4.78, 5) is 17.3. The number of carbonyl (C=O) groups is 1. The van der Waals surface area contributed by atoms with Gasteiger partial charge in [0.25, 0.3) is 5.91 Å². The predicted octanol–water partition coefficient (Wildman–Crippen LogP) is 2.63. The van der Waals surface area contributed by atoms with Crippen molar-refractivity contribution in [1.82, 2.24) is 20.7 Å². The first-order chi connectivity index (χ1) is 13.1. The van der Waals surface area contributed by atoms with E-state index in [0.29, 0.717) is 12.2 Å². The van der Waals surface area contributed by atoms with E-state index in [0.717, 1.165) is 43.7 Å². The average molecular weight is 364 g/mol. The molecule has 142 valence electrons. The molecule has 0 aliphatic carbocycles. The van der Waals surface area contributed by atoms with E-state index in [1.807, 2.05) is 24.0 Å². The standard InChI is InChI=1S/C22H28N4O/c1-16-8-9-19(17(2)14-16)22(27)26-12-10-25(11-13-26)21-15-20(23-24-21)18-6-4-3-5-7-18/h3-9,14,20-21,23-24H,10-13,15H2,1-2H3. The molecule has 2 heterocycles. The van der Waals surface area contributed by atoms with Crippen LogP contribution in [0.4, 0.5) is 0 Å². The van der Waals surface area contributed by atoms with E-state index in [1.165, 1.54) is 11.1 Å². The van der Waals surface area contributed by atoms with Crippen molar-refractivity contribution in [3.63, 3.8) is 0 Å². The van der Waals surface area contributed by atoms with Crippen molar-refractivity contribution in [3.05, 3.63) is 70.8 Å². The molecule has 4 rings (SSSR count). The van der Waals surface area contributed by atoms with E-state index in [4.69, 9.17) is 0 Å². The highest BCUT2D eigenvalue weighted by atomic mass is 16.2. The fourth-order valence-corrected chi connectivity index (χ4v) is 4.14. The molecule has 2 aliphatic heterocycles. The Bertz CT molecular complexity index is 799. The Balaban J connectivity index is 1.33. The largest absolute Gasteiger partial charge is 0.336 e. The SMILES string of the molecule is Cc1ccc(C(=O)N2CCN(C3CC(c4ccccc4)NN3)CC2)c(C)c1. The molecule has 2 atom stereocenters. The highest BCUT2D eigenvalue weighted by Crippen LogP contribution is 2.24. The lowest BCUT2D eigenvalue weighted by atomic mass is 10.0. The highest BCUT2D eigenvalue weighted by Gasteiger charge is 2.32. The van der Waals surface area contributed by atoms with Crippen LogP contribution in [0.3, 0.4) is 0 Å². The predicted molar refractivity (Wildman–Crippen MR) is 107 cm³/mol. The average Bonchev–Trinajstić information content (AvgIpc) is 3.19. The third-order valence-electron chi connectivity index (χ3n) is 5.74. The molecular weight excluding hydrogens is 336 g/mol. The van der Waals surface area contributed by atoms with Gasteiger partial charge in [-0.3, -0.25) is 9.69 Å². The molecule has 2 aromatic carbocycles. The number of piperazine rings is 1. The van der Waals surface area contributed by atoms with Crippen molar-refractivity contribution in [1.29, 1.82) is 0 Å². The van der Waals surface area contributed by atoms with Crippen LogP contribution in [0, 0.1) is 13.8 Å². The minimum atomic E-state index is 0.159. The summed E-state index contributed by atoms with van der Waals surface area (Å²) in [7, 11) is 0. The van der Waals surface area contributed by atoms with Gasteiger partial charge in [0.05, 0.1) is 6.17 Å². The second-order valence-corrected chi connectivity index (χ2v) is 7.65. The number of rotatable bonds is 3. The quantitative estimate of drug-likeness (QED) is 0.879. The molecule has 2 aromatic rings. The first-order valence-electron chi connectivity index (χ1n) is 9.78. The van der Waals surface area contributed by atoms with Crippen LogP contribution in [0.2, 0.25) is 0 Å². The number of amides is 1. The first kappa shape index (κ1) is 18.2. The number of benzene rings is 2. The lowest BCUT2D eigenvalue weighted by Gasteiger charge is -2.38. The van der Waals surface area contributed by atoms with Crippen molar-refractivity contribution < 1.29 is 4.79 Å². The third kappa shape index (κ3) is 3.90. The number of hydrogen-bond acceptors (Lipinski definition) is 4. The molecule has 5 nitrogen and oxygen atoms in total. The topological polar surface area (TPSA) is 47.6 Å². The van der Waals surface area contributed by atoms with Gasteiger partial charge >= 0.3 is 0 Å². The lowest BCUT2D eigenvalue weighted by molar-refractivity contribution is 0.0544. The number of aryl methyl sites for hydroxylation is 2. The summed E-state index contributed by atoms with van der Waals surface area (Å²) in [5, 5.41) is 0. The fraction of sp³-hybridized carbons (Fsp3) is 0.409. The molecule has 27 heavy (non-hydrogen) atoms. The highest BCUT2D eigenvalue weighted by molar-refractivity contribution is 5.95. The van der Waals surface area contributed by atoms with Gasteiger partial charge in [0.1, 0.15) is 0 Å². The molecular formula is C22H28N4O. The van der Waals surface area contributed by atoms with Crippen LogP contribution in [0.25, 0.3) is 0 Å². The van der Waals surface area contributed by atoms with Gasteiger partial charge in [-0.15, -0.1) is 0 Å². The van der Waals surface area contributed by atoms with Crippen molar-refractivity contribution >= 4 is 5.91 Å². The molecule has 0 saturated carbocycles. The van der Waals surface area contributed by atoms with Crippen LogP contribution in [0.1, 0.15) is 39.5 Å². The number of nitrogens with zero attached hydrogens (tertiary/aromatic N) is 2. The van der Waals surface area contributed by atoms with E-state index >= 15 is 0 Å². The van der Waals surface area contributed by atoms with Gasteiger partial charge in [-0.2, -0.15) is 0 Å². The Labute approximate surface area is 161 Å². The molecule has 5 heteroatoms. The van der Waals surface area contributed by atoms with Crippen LogP contribution >= 0.6 is 0 Å². The monoisotopic (exact) mass is 364 g/mol. The molecule has 2 unspecified atom stereocenters. The number of hydrogen-bond donors (Lipinski definition) is 2. The molecule has 2 aliphatic rings. The summed E-state index contributed by atoms with van der Waals surface area (Å²) in [6, 6.07) is 17.0. The summed E-state index contributed by atoms with van der Waals surface area (Å²) in [5.74, 6) is 0.159. The van der Waals surface area contributed by atoms with Gasteiger partial charge in [-0.25, -0.2) is 10.9 Å². The van der Waals surface area contributed by atoms with Crippen LogP contribution in [0.5, 0.6) is 0 Å².